The molecule has 72 valence electrons. The molecule has 1 aromatic carbocycles. The summed E-state index contributed by atoms with van der Waals surface area (Å²) < 4.78 is 0. The van der Waals surface area contributed by atoms with Crippen molar-refractivity contribution in [3.05, 3.63) is 52.6 Å². The van der Waals surface area contributed by atoms with Crippen molar-refractivity contribution in [1.82, 2.24) is 0 Å². The molecule has 0 aromatic heterocycles. The largest absolute Gasteiger partial charge is 0.326 e. The highest BCUT2D eigenvalue weighted by atomic mass is 14.5. The minimum absolute atomic E-state index is 0.622. The second-order valence-corrected chi connectivity index (χ2v) is 3.66. The zero-order chi connectivity index (χ0) is 9.97. The lowest BCUT2D eigenvalue weighted by Crippen LogP contribution is -2.03. The second-order valence-electron chi connectivity index (χ2n) is 3.66. The van der Waals surface area contributed by atoms with Gasteiger partial charge < -0.3 is 5.73 Å². The van der Waals surface area contributed by atoms with Gasteiger partial charge in [0.05, 0.1) is 0 Å². The van der Waals surface area contributed by atoms with Crippen LogP contribution in [0.5, 0.6) is 0 Å². The Balaban J connectivity index is 2.51. The van der Waals surface area contributed by atoms with Crippen LogP contribution in [0, 0.1) is 0 Å². The minimum Gasteiger partial charge on any atom is -0.326 e. The highest BCUT2D eigenvalue weighted by Gasteiger charge is 2.06. The van der Waals surface area contributed by atoms with E-state index in [1.54, 1.807) is 0 Å². The molecule has 1 nitrogen and oxygen atoms in total. The van der Waals surface area contributed by atoms with Crippen molar-refractivity contribution >= 4 is 6.08 Å². The predicted octanol–water partition coefficient (Wildman–Crippen LogP) is 2.53. The monoisotopic (exact) mass is 185 g/mol. The summed E-state index contributed by atoms with van der Waals surface area (Å²) in [4.78, 5) is 0. The van der Waals surface area contributed by atoms with Crippen LogP contribution in [-0.2, 0) is 6.42 Å². The zero-order valence-corrected chi connectivity index (χ0v) is 8.46. The van der Waals surface area contributed by atoms with Gasteiger partial charge in [0.2, 0.25) is 0 Å². The van der Waals surface area contributed by atoms with Gasteiger partial charge in [0.1, 0.15) is 0 Å². The van der Waals surface area contributed by atoms with Crippen LogP contribution in [0.2, 0.25) is 0 Å². The van der Waals surface area contributed by atoms with E-state index >= 15 is 0 Å². The van der Waals surface area contributed by atoms with Crippen LogP contribution in [0.1, 0.15) is 18.1 Å². The van der Waals surface area contributed by atoms with Crippen molar-refractivity contribution in [3.63, 3.8) is 0 Å². The van der Waals surface area contributed by atoms with Gasteiger partial charge in [-0.2, -0.15) is 0 Å². The molecular weight excluding hydrogens is 170 g/mol. The Morgan fingerprint density at radius 2 is 2.07 bits per heavy atom. The molecule has 1 heteroatoms. The molecule has 2 rings (SSSR count). The van der Waals surface area contributed by atoms with Crippen molar-refractivity contribution in [2.45, 2.75) is 13.3 Å². The van der Waals surface area contributed by atoms with Crippen molar-refractivity contribution in [1.29, 1.82) is 0 Å². The molecule has 0 aliphatic heterocycles. The summed E-state index contributed by atoms with van der Waals surface area (Å²) >= 11 is 0. The van der Waals surface area contributed by atoms with Crippen LogP contribution in [-0.4, -0.2) is 6.54 Å². The third-order valence-electron chi connectivity index (χ3n) is 2.74. The number of benzene rings is 1. The second kappa shape index (κ2) is 3.81. The Morgan fingerprint density at radius 3 is 2.86 bits per heavy atom. The molecule has 0 heterocycles. The average molecular weight is 185 g/mol. The van der Waals surface area contributed by atoms with E-state index in [2.05, 4.69) is 43.3 Å². The molecule has 1 aliphatic rings. The predicted molar refractivity (Wildman–Crippen MR) is 60.9 cm³/mol. The fourth-order valence-corrected chi connectivity index (χ4v) is 1.78. The normalized spacial score (nSPS) is 15.3. The van der Waals surface area contributed by atoms with E-state index in [1.807, 2.05) is 0 Å². The fourth-order valence-electron chi connectivity index (χ4n) is 1.78. The van der Waals surface area contributed by atoms with E-state index in [1.165, 1.54) is 22.3 Å². The average Bonchev–Trinajstić information content (AvgIpc) is 2.38. The molecule has 0 radical (unpaired) electrons. The van der Waals surface area contributed by atoms with Gasteiger partial charge in [-0.05, 0) is 36.1 Å². The summed E-state index contributed by atoms with van der Waals surface area (Å²) in [6.07, 6.45) is 5.47. The molecular formula is C13H15N. The molecule has 0 bridgehead atoms. The number of fused-ring (bicyclic) bond motifs is 1. The fraction of sp³-hybridized carbons (Fsp3) is 0.231. The first-order chi connectivity index (χ1) is 6.81. The smallest absolute Gasteiger partial charge is 0.0180 e. The third-order valence-corrected chi connectivity index (χ3v) is 2.74. The van der Waals surface area contributed by atoms with Crippen LogP contribution in [0.25, 0.3) is 6.08 Å². The third kappa shape index (κ3) is 1.64. The number of hydrogen-bond acceptors (Lipinski definition) is 1. The summed E-state index contributed by atoms with van der Waals surface area (Å²) in [6.45, 7) is 2.75. The van der Waals surface area contributed by atoms with Crippen LogP contribution in [0.15, 0.2) is 41.5 Å². The van der Waals surface area contributed by atoms with Crippen LogP contribution in [0.4, 0.5) is 0 Å². The van der Waals surface area contributed by atoms with E-state index in [4.69, 9.17) is 5.73 Å². The molecule has 0 unspecified atom stereocenters. The molecule has 1 aromatic rings. The lowest BCUT2D eigenvalue weighted by Gasteiger charge is -2.02. The number of hydrogen-bond donors (Lipinski definition) is 1. The molecule has 0 fully saturated rings. The highest BCUT2D eigenvalue weighted by molar-refractivity contribution is 5.63. The van der Waals surface area contributed by atoms with Gasteiger partial charge in [-0.3, -0.25) is 0 Å². The van der Waals surface area contributed by atoms with E-state index in [-0.39, 0.29) is 0 Å². The van der Waals surface area contributed by atoms with E-state index < -0.39 is 0 Å². The van der Waals surface area contributed by atoms with Crippen molar-refractivity contribution in [2.75, 3.05) is 6.54 Å². The molecule has 14 heavy (non-hydrogen) atoms. The quantitative estimate of drug-likeness (QED) is 0.715. The molecule has 0 saturated carbocycles. The van der Waals surface area contributed by atoms with Crippen molar-refractivity contribution in [2.24, 2.45) is 5.73 Å². The summed E-state index contributed by atoms with van der Waals surface area (Å²) in [5.74, 6) is 0. The van der Waals surface area contributed by atoms with Crippen LogP contribution in [0.3, 0.4) is 0 Å². The van der Waals surface area contributed by atoms with E-state index in [9.17, 15) is 0 Å². The molecule has 1 aliphatic carbocycles. The van der Waals surface area contributed by atoms with Gasteiger partial charge in [-0.1, -0.05) is 35.9 Å². The number of nitrogens with two attached hydrogens (primary N) is 1. The summed E-state index contributed by atoms with van der Waals surface area (Å²) in [7, 11) is 0. The maximum atomic E-state index is 5.71. The standard InChI is InChI=1S/C13H15N/c1-10-6-7-11-4-2-3-5-12(11)8-13(10)9-14/h2-6,8H,7,9,14H2,1H3. The van der Waals surface area contributed by atoms with Gasteiger partial charge >= 0.3 is 0 Å². The first-order valence-electron chi connectivity index (χ1n) is 4.97. The van der Waals surface area contributed by atoms with Crippen LogP contribution >= 0.6 is 0 Å². The van der Waals surface area contributed by atoms with E-state index in [0.29, 0.717) is 6.54 Å². The zero-order valence-electron chi connectivity index (χ0n) is 8.46. The first-order valence-corrected chi connectivity index (χ1v) is 4.97. The maximum absolute atomic E-state index is 5.71. The first kappa shape index (κ1) is 9.22. The molecule has 0 saturated heterocycles. The molecule has 0 atom stereocenters. The van der Waals surface area contributed by atoms with Crippen molar-refractivity contribution in [3.8, 4) is 0 Å². The topological polar surface area (TPSA) is 26.0 Å². The Hall–Kier alpha value is -1.34. The lowest BCUT2D eigenvalue weighted by atomic mass is 10.0. The molecule has 0 spiro atoms. The SMILES string of the molecule is CC1=CCc2ccccc2C=C1CN. The lowest BCUT2D eigenvalue weighted by molar-refractivity contribution is 1.14. The highest BCUT2D eigenvalue weighted by Crippen LogP contribution is 2.22. The Labute approximate surface area is 84.9 Å². The minimum atomic E-state index is 0.622. The summed E-state index contributed by atoms with van der Waals surface area (Å²) in [6, 6.07) is 8.49. The summed E-state index contributed by atoms with van der Waals surface area (Å²) in [5, 5.41) is 0. The molecule has 0 amide bonds. The van der Waals surface area contributed by atoms with Gasteiger partial charge in [-0.25, -0.2) is 0 Å². The number of rotatable bonds is 1. The Bertz CT molecular complexity index is 399. The van der Waals surface area contributed by atoms with E-state index in [0.717, 1.165) is 6.42 Å². The van der Waals surface area contributed by atoms with Gasteiger partial charge in [-0.15, -0.1) is 0 Å². The Morgan fingerprint density at radius 1 is 1.29 bits per heavy atom. The van der Waals surface area contributed by atoms with Gasteiger partial charge in [0.15, 0.2) is 0 Å². The van der Waals surface area contributed by atoms with Crippen LogP contribution < -0.4 is 5.73 Å². The summed E-state index contributed by atoms with van der Waals surface area (Å²) in [5.41, 5.74) is 11.0. The van der Waals surface area contributed by atoms with Gasteiger partial charge in [0.25, 0.3) is 0 Å². The van der Waals surface area contributed by atoms with Gasteiger partial charge in [0, 0.05) is 6.54 Å². The Kier molecular flexibility index (Phi) is 2.51. The maximum Gasteiger partial charge on any atom is 0.0180 e. The molecule has 2 N–H and O–H groups in total. The number of allylic oxidation sites excluding steroid dienone is 1. The van der Waals surface area contributed by atoms with Crippen molar-refractivity contribution < 1.29 is 0 Å².